The molecule has 0 aliphatic heterocycles. The second-order valence-corrected chi connectivity index (χ2v) is 6.64. The maximum Gasteiger partial charge on any atom is 0.279 e. The topological polar surface area (TPSA) is 84.7 Å². The number of likely N-dealkylation sites (N-methyl/N-ethyl adjacent to an activating group) is 1. The van der Waals surface area contributed by atoms with Crippen LogP contribution in [-0.2, 0) is 14.9 Å². The number of nitrogens with one attached hydrogen (secondary N) is 1. The summed E-state index contributed by atoms with van der Waals surface area (Å²) < 4.78 is 33.1. The van der Waals surface area contributed by atoms with E-state index in [2.05, 4.69) is 4.72 Å². The Morgan fingerprint density at radius 3 is 2.44 bits per heavy atom. The van der Waals surface area contributed by atoms with Gasteiger partial charge in [-0.25, -0.2) is 0 Å². The lowest BCUT2D eigenvalue weighted by atomic mass is 9.82. The molecule has 1 aliphatic rings. The fourth-order valence-corrected chi connectivity index (χ4v) is 3.78. The highest BCUT2D eigenvalue weighted by Crippen LogP contribution is 2.33. The van der Waals surface area contributed by atoms with E-state index in [1.54, 1.807) is 14.2 Å². The quantitative estimate of drug-likeness (QED) is 0.645. The molecule has 1 rings (SSSR count). The summed E-state index contributed by atoms with van der Waals surface area (Å²) >= 11 is 0. The fraction of sp³-hybridized carbons (Fsp3) is 1.00. The number of methoxy groups -OCH3 is 1. The molecule has 0 aromatic carbocycles. The minimum atomic E-state index is -3.48. The average Bonchev–Trinajstić information content (AvgIpc) is 2.39. The maximum atomic E-state index is 12.2. The second-order valence-electron chi connectivity index (χ2n) is 4.85. The molecule has 0 saturated heterocycles. The van der Waals surface area contributed by atoms with Crippen molar-refractivity contribution in [2.45, 2.75) is 37.6 Å². The molecule has 1 fully saturated rings. The zero-order valence-corrected chi connectivity index (χ0v) is 12.1. The van der Waals surface area contributed by atoms with Crippen molar-refractivity contribution in [3.8, 4) is 0 Å². The number of rotatable bonds is 7. The predicted octanol–water partition coefficient (Wildman–Crippen LogP) is 0.0606. The van der Waals surface area contributed by atoms with Gasteiger partial charge in [-0.2, -0.15) is 17.4 Å². The van der Waals surface area contributed by atoms with Crippen LogP contribution in [0.4, 0.5) is 0 Å². The highest BCUT2D eigenvalue weighted by Gasteiger charge is 2.40. The van der Waals surface area contributed by atoms with Gasteiger partial charge < -0.3 is 10.5 Å². The number of hydrogen-bond donors (Lipinski definition) is 2. The van der Waals surface area contributed by atoms with E-state index in [4.69, 9.17) is 10.5 Å². The normalized spacial score (nSPS) is 20.2. The minimum Gasteiger partial charge on any atom is -0.383 e. The Kier molecular flexibility index (Phi) is 6.00. The van der Waals surface area contributed by atoms with Crippen LogP contribution in [0, 0.1) is 0 Å². The Labute approximate surface area is 110 Å². The van der Waals surface area contributed by atoms with Gasteiger partial charge >= 0.3 is 0 Å². The first-order valence-electron chi connectivity index (χ1n) is 6.41. The molecular weight excluding hydrogens is 254 g/mol. The van der Waals surface area contributed by atoms with Crippen LogP contribution in [0.3, 0.4) is 0 Å². The van der Waals surface area contributed by atoms with E-state index in [0.29, 0.717) is 13.2 Å². The van der Waals surface area contributed by atoms with Gasteiger partial charge in [0.15, 0.2) is 0 Å². The van der Waals surface area contributed by atoms with E-state index >= 15 is 0 Å². The SMILES string of the molecule is COCCNS(=O)(=O)N(C)C1(CN)CCCCC1. The van der Waals surface area contributed by atoms with E-state index in [1.165, 1.54) is 4.31 Å². The van der Waals surface area contributed by atoms with Crippen LogP contribution in [0.2, 0.25) is 0 Å². The van der Waals surface area contributed by atoms with Gasteiger partial charge in [-0.15, -0.1) is 0 Å². The maximum absolute atomic E-state index is 12.2. The summed E-state index contributed by atoms with van der Waals surface area (Å²) in [5.41, 5.74) is 5.41. The summed E-state index contributed by atoms with van der Waals surface area (Å²) in [4.78, 5) is 0. The van der Waals surface area contributed by atoms with Gasteiger partial charge in [0.25, 0.3) is 10.2 Å². The van der Waals surface area contributed by atoms with Crippen molar-refractivity contribution < 1.29 is 13.2 Å². The lowest BCUT2D eigenvalue weighted by Crippen LogP contribution is -2.58. The van der Waals surface area contributed by atoms with Crippen molar-refractivity contribution in [1.82, 2.24) is 9.03 Å². The first-order chi connectivity index (χ1) is 8.48. The van der Waals surface area contributed by atoms with E-state index in [0.717, 1.165) is 32.1 Å². The monoisotopic (exact) mass is 279 g/mol. The van der Waals surface area contributed by atoms with Crippen molar-refractivity contribution in [1.29, 1.82) is 0 Å². The second kappa shape index (κ2) is 6.81. The molecule has 0 heterocycles. The van der Waals surface area contributed by atoms with Gasteiger partial charge in [0.1, 0.15) is 0 Å². The number of nitrogens with two attached hydrogens (primary N) is 1. The van der Waals surface area contributed by atoms with Crippen LogP contribution < -0.4 is 10.5 Å². The van der Waals surface area contributed by atoms with Crippen LogP contribution in [0.5, 0.6) is 0 Å². The lowest BCUT2D eigenvalue weighted by molar-refractivity contribution is 0.156. The Balaban J connectivity index is 2.72. The first kappa shape index (κ1) is 15.8. The molecule has 7 heteroatoms. The molecule has 0 aromatic rings. The van der Waals surface area contributed by atoms with Gasteiger partial charge in [-0.1, -0.05) is 19.3 Å². The summed E-state index contributed by atoms with van der Waals surface area (Å²) in [6, 6.07) is 0. The van der Waals surface area contributed by atoms with Crippen LogP contribution in [0.15, 0.2) is 0 Å². The standard InChI is InChI=1S/C11H25N3O3S/c1-14(18(15,16)13-8-9-17-2)11(10-12)6-4-3-5-7-11/h13H,3-10,12H2,1-2H3. The van der Waals surface area contributed by atoms with Crippen molar-refractivity contribution in [2.24, 2.45) is 5.73 Å². The zero-order chi connectivity index (χ0) is 13.6. The number of hydrogen-bond acceptors (Lipinski definition) is 4. The molecule has 108 valence electrons. The minimum absolute atomic E-state index is 0.282. The number of ether oxygens (including phenoxy) is 1. The van der Waals surface area contributed by atoms with Crippen LogP contribution in [0.25, 0.3) is 0 Å². The highest BCUT2D eigenvalue weighted by atomic mass is 32.2. The molecule has 0 unspecified atom stereocenters. The zero-order valence-electron chi connectivity index (χ0n) is 11.3. The van der Waals surface area contributed by atoms with Crippen LogP contribution in [-0.4, -0.2) is 52.1 Å². The van der Waals surface area contributed by atoms with Gasteiger partial charge in [-0.05, 0) is 12.8 Å². The van der Waals surface area contributed by atoms with Crippen molar-refractivity contribution >= 4 is 10.2 Å². The predicted molar refractivity (Wildman–Crippen MR) is 71.4 cm³/mol. The van der Waals surface area contributed by atoms with Gasteiger partial charge in [0.05, 0.1) is 6.61 Å². The largest absolute Gasteiger partial charge is 0.383 e. The summed E-state index contributed by atoms with van der Waals surface area (Å²) in [5.74, 6) is 0. The smallest absolute Gasteiger partial charge is 0.279 e. The average molecular weight is 279 g/mol. The highest BCUT2D eigenvalue weighted by molar-refractivity contribution is 7.87. The summed E-state index contributed by atoms with van der Waals surface area (Å²) in [6.45, 7) is 1.02. The van der Waals surface area contributed by atoms with Gasteiger partial charge in [-0.3, -0.25) is 0 Å². The number of nitrogens with zero attached hydrogens (tertiary/aromatic N) is 1. The molecule has 6 nitrogen and oxygen atoms in total. The van der Waals surface area contributed by atoms with E-state index < -0.39 is 15.7 Å². The summed E-state index contributed by atoms with van der Waals surface area (Å²) in [5, 5.41) is 0. The summed E-state index contributed by atoms with van der Waals surface area (Å²) in [7, 11) is -0.319. The van der Waals surface area contributed by atoms with Crippen molar-refractivity contribution in [2.75, 3.05) is 33.9 Å². The Morgan fingerprint density at radius 2 is 1.94 bits per heavy atom. The van der Waals surface area contributed by atoms with Gasteiger partial charge in [0, 0.05) is 32.8 Å². The molecule has 0 spiro atoms. The molecular formula is C11H25N3O3S. The molecule has 0 atom stereocenters. The summed E-state index contributed by atoms with van der Waals surface area (Å²) in [6.07, 6.45) is 4.91. The van der Waals surface area contributed by atoms with Crippen molar-refractivity contribution in [3.63, 3.8) is 0 Å². The van der Waals surface area contributed by atoms with E-state index in [1.807, 2.05) is 0 Å². The van der Waals surface area contributed by atoms with Crippen LogP contribution in [0.1, 0.15) is 32.1 Å². The van der Waals surface area contributed by atoms with Crippen molar-refractivity contribution in [3.05, 3.63) is 0 Å². The Hall–Kier alpha value is -0.210. The molecule has 18 heavy (non-hydrogen) atoms. The lowest BCUT2D eigenvalue weighted by Gasteiger charge is -2.42. The van der Waals surface area contributed by atoms with Crippen LogP contribution >= 0.6 is 0 Å². The Morgan fingerprint density at radius 1 is 1.33 bits per heavy atom. The fourth-order valence-electron chi connectivity index (χ4n) is 2.48. The first-order valence-corrected chi connectivity index (χ1v) is 7.85. The molecule has 0 amide bonds. The molecule has 0 radical (unpaired) electrons. The third kappa shape index (κ3) is 3.64. The molecule has 1 saturated carbocycles. The third-order valence-electron chi connectivity index (χ3n) is 3.78. The Bertz CT molecular complexity index is 339. The van der Waals surface area contributed by atoms with E-state index in [9.17, 15) is 8.42 Å². The molecule has 0 aromatic heterocycles. The molecule has 0 bridgehead atoms. The molecule has 3 N–H and O–H groups in total. The third-order valence-corrected chi connectivity index (χ3v) is 5.46. The molecule has 1 aliphatic carbocycles. The van der Waals surface area contributed by atoms with E-state index in [-0.39, 0.29) is 6.54 Å². The van der Waals surface area contributed by atoms with Gasteiger partial charge in [0.2, 0.25) is 0 Å².